The zero-order chi connectivity index (χ0) is 32.6. The molecule has 3 aromatic heterocycles. The smallest absolute Gasteiger partial charge is 0.350 e. The number of piperazine rings is 1. The first-order chi connectivity index (χ1) is 21.4. The van der Waals surface area contributed by atoms with Crippen LogP contribution in [-0.4, -0.2) is 61.3 Å². The molecule has 0 N–H and O–H groups in total. The maximum absolute atomic E-state index is 16.3. The van der Waals surface area contributed by atoms with Crippen molar-refractivity contribution in [2.75, 3.05) is 24.5 Å². The third-order valence-corrected chi connectivity index (χ3v) is 9.17. The average Bonchev–Trinajstić information content (AvgIpc) is 2.99. The van der Waals surface area contributed by atoms with Crippen LogP contribution >= 0.6 is 11.8 Å². The summed E-state index contributed by atoms with van der Waals surface area (Å²) in [5.41, 5.74) is 1.99. The monoisotopic (exact) mass is 632 g/mol. The highest BCUT2D eigenvalue weighted by Gasteiger charge is 2.31. The van der Waals surface area contributed by atoms with Crippen LogP contribution in [0.5, 0.6) is 0 Å². The quantitative estimate of drug-likeness (QED) is 0.207. The number of benzene rings is 1. The molecule has 1 fully saturated rings. The first kappa shape index (κ1) is 32.3. The number of hydrogen-bond donors (Lipinski definition) is 0. The molecule has 11 heteroatoms. The van der Waals surface area contributed by atoms with Gasteiger partial charge < -0.3 is 9.80 Å². The van der Waals surface area contributed by atoms with Crippen molar-refractivity contribution in [3.05, 3.63) is 88.1 Å². The maximum atomic E-state index is 16.3. The molecule has 0 unspecified atom stereocenters. The van der Waals surface area contributed by atoms with E-state index in [0.29, 0.717) is 47.7 Å². The number of aryl methyl sites for hydroxylation is 1. The second-order valence-corrected chi connectivity index (χ2v) is 13.5. The van der Waals surface area contributed by atoms with Crippen LogP contribution in [0.3, 0.4) is 0 Å². The standard InChI is InChI=1S/C34H38F2N6O2S/c1-8-27(43)40-14-15-41(22(7)17-40)32-24-16-26(36)30(28-23(18-45-20(4)5)10-9-11-25(28)35)38-33(24)42(34(44)39-32)31-21(6)12-13-37-29(31)19(2)3/h8-13,16,19-20,22H,1,14-15,17-18H2,2-7H3/t22-/m0/s1. The Hall–Kier alpha value is -4.12. The van der Waals surface area contributed by atoms with Gasteiger partial charge in [-0.2, -0.15) is 16.7 Å². The van der Waals surface area contributed by atoms with E-state index in [2.05, 4.69) is 16.5 Å². The summed E-state index contributed by atoms with van der Waals surface area (Å²) in [5, 5.41) is 0.584. The molecule has 45 heavy (non-hydrogen) atoms. The predicted molar refractivity (Wildman–Crippen MR) is 177 cm³/mol. The number of halogens is 2. The molecule has 1 aliphatic rings. The molecule has 4 aromatic rings. The highest BCUT2D eigenvalue weighted by Crippen LogP contribution is 2.36. The second kappa shape index (κ2) is 13.1. The number of hydrogen-bond acceptors (Lipinski definition) is 7. The van der Waals surface area contributed by atoms with Gasteiger partial charge in [0.2, 0.25) is 5.91 Å². The zero-order valence-corrected chi connectivity index (χ0v) is 27.3. The number of fused-ring (bicyclic) bond motifs is 1. The van der Waals surface area contributed by atoms with Crippen molar-refractivity contribution in [1.82, 2.24) is 24.4 Å². The number of carbonyl (C=O) groups is 1. The Balaban J connectivity index is 1.82. The minimum atomic E-state index is -0.725. The SMILES string of the molecule is C=CC(=O)N1CCN(c2nc(=O)n(-c3c(C)ccnc3C(C)C)c3nc(-c4c(F)cccc4CSC(C)C)c(F)cc23)[C@@H](C)C1. The fourth-order valence-corrected chi connectivity index (χ4v) is 6.55. The molecule has 236 valence electrons. The van der Waals surface area contributed by atoms with Crippen LogP contribution in [0.2, 0.25) is 0 Å². The molecule has 0 spiro atoms. The fraction of sp³-hybridized carbons (Fsp3) is 0.382. The summed E-state index contributed by atoms with van der Waals surface area (Å²) in [4.78, 5) is 43.9. The van der Waals surface area contributed by atoms with Crippen LogP contribution in [0, 0.1) is 18.6 Å². The van der Waals surface area contributed by atoms with Crippen molar-refractivity contribution in [2.24, 2.45) is 0 Å². The summed E-state index contributed by atoms with van der Waals surface area (Å²) in [6.07, 6.45) is 2.96. The van der Waals surface area contributed by atoms with Crippen LogP contribution in [0.1, 0.15) is 57.4 Å². The molecule has 1 saturated heterocycles. The number of amides is 1. The molecule has 1 atom stereocenters. The van der Waals surface area contributed by atoms with Crippen molar-refractivity contribution < 1.29 is 13.6 Å². The van der Waals surface area contributed by atoms with Crippen LogP contribution < -0.4 is 10.6 Å². The molecular weight excluding hydrogens is 594 g/mol. The van der Waals surface area contributed by atoms with Crippen LogP contribution in [-0.2, 0) is 10.5 Å². The number of anilines is 1. The molecule has 1 aliphatic heterocycles. The molecule has 1 amide bonds. The van der Waals surface area contributed by atoms with Gasteiger partial charge in [-0.25, -0.2) is 23.1 Å². The number of thioether (sulfide) groups is 1. The molecular formula is C34H38F2N6O2S. The van der Waals surface area contributed by atoms with E-state index in [1.54, 1.807) is 41.1 Å². The predicted octanol–water partition coefficient (Wildman–Crippen LogP) is 6.42. The van der Waals surface area contributed by atoms with Crippen LogP contribution in [0.15, 0.2) is 54.0 Å². The summed E-state index contributed by atoms with van der Waals surface area (Å²) >= 11 is 1.61. The minimum Gasteiger partial charge on any atom is -0.350 e. The van der Waals surface area contributed by atoms with E-state index in [9.17, 15) is 9.59 Å². The van der Waals surface area contributed by atoms with Gasteiger partial charge in [-0.05, 0) is 60.4 Å². The summed E-state index contributed by atoms with van der Waals surface area (Å²) in [6.45, 7) is 16.5. The molecule has 4 heterocycles. The topological polar surface area (TPSA) is 84.2 Å². The number of carbonyl (C=O) groups excluding carboxylic acids is 1. The van der Waals surface area contributed by atoms with E-state index in [-0.39, 0.29) is 45.8 Å². The molecule has 0 radical (unpaired) electrons. The zero-order valence-electron chi connectivity index (χ0n) is 26.5. The number of pyridine rings is 2. The number of rotatable bonds is 8. The third-order valence-electron chi connectivity index (χ3n) is 8.02. The molecule has 0 bridgehead atoms. The van der Waals surface area contributed by atoms with Crippen molar-refractivity contribution in [1.29, 1.82) is 0 Å². The van der Waals surface area contributed by atoms with E-state index in [1.165, 1.54) is 22.8 Å². The lowest BCUT2D eigenvalue weighted by Crippen LogP contribution is -2.54. The van der Waals surface area contributed by atoms with E-state index in [1.807, 2.05) is 46.4 Å². The third kappa shape index (κ3) is 6.22. The van der Waals surface area contributed by atoms with Crippen molar-refractivity contribution in [2.45, 2.75) is 64.5 Å². The summed E-state index contributed by atoms with van der Waals surface area (Å²) in [7, 11) is 0. The lowest BCUT2D eigenvalue weighted by molar-refractivity contribution is -0.126. The van der Waals surface area contributed by atoms with E-state index < -0.39 is 17.3 Å². The molecule has 0 aliphatic carbocycles. The highest BCUT2D eigenvalue weighted by atomic mass is 32.2. The lowest BCUT2D eigenvalue weighted by atomic mass is 10.0. The lowest BCUT2D eigenvalue weighted by Gasteiger charge is -2.40. The minimum absolute atomic E-state index is 0.0526. The van der Waals surface area contributed by atoms with Gasteiger partial charge >= 0.3 is 5.69 Å². The first-order valence-electron chi connectivity index (χ1n) is 15.1. The average molecular weight is 633 g/mol. The normalized spacial score (nSPS) is 15.4. The molecule has 0 saturated carbocycles. The van der Waals surface area contributed by atoms with Gasteiger partial charge in [0.05, 0.1) is 16.8 Å². The molecule has 8 nitrogen and oxygen atoms in total. The van der Waals surface area contributed by atoms with Gasteiger partial charge in [-0.1, -0.05) is 46.4 Å². The Bertz CT molecular complexity index is 1840. The summed E-state index contributed by atoms with van der Waals surface area (Å²) < 4.78 is 33.3. The van der Waals surface area contributed by atoms with Gasteiger partial charge in [-0.3, -0.25) is 9.78 Å². The Labute approximate surface area is 266 Å². The Morgan fingerprint density at radius 2 is 1.89 bits per heavy atom. The van der Waals surface area contributed by atoms with Crippen LogP contribution in [0.4, 0.5) is 14.6 Å². The van der Waals surface area contributed by atoms with Gasteiger partial charge in [0.25, 0.3) is 0 Å². The molecule has 1 aromatic carbocycles. The largest absolute Gasteiger partial charge is 0.355 e. The molecule has 5 rings (SSSR count). The van der Waals surface area contributed by atoms with Gasteiger partial charge in [0, 0.05) is 43.2 Å². The maximum Gasteiger partial charge on any atom is 0.355 e. The first-order valence-corrected chi connectivity index (χ1v) is 16.1. The van der Waals surface area contributed by atoms with Gasteiger partial charge in [0.15, 0.2) is 5.65 Å². The van der Waals surface area contributed by atoms with Gasteiger partial charge in [0.1, 0.15) is 23.1 Å². The van der Waals surface area contributed by atoms with E-state index in [0.717, 1.165) is 5.56 Å². The van der Waals surface area contributed by atoms with Crippen molar-refractivity contribution in [3.8, 4) is 16.9 Å². The van der Waals surface area contributed by atoms with Gasteiger partial charge in [-0.15, -0.1) is 0 Å². The Morgan fingerprint density at radius 1 is 1.13 bits per heavy atom. The van der Waals surface area contributed by atoms with E-state index >= 15 is 8.78 Å². The number of aromatic nitrogens is 4. The Kier molecular flexibility index (Phi) is 9.38. The van der Waals surface area contributed by atoms with E-state index in [4.69, 9.17) is 4.98 Å². The highest BCUT2D eigenvalue weighted by molar-refractivity contribution is 7.99. The second-order valence-electron chi connectivity index (χ2n) is 11.9. The number of nitrogens with zero attached hydrogens (tertiary/aromatic N) is 6. The summed E-state index contributed by atoms with van der Waals surface area (Å²) in [6, 6.07) is 7.54. The fourth-order valence-electron chi connectivity index (χ4n) is 5.80. The summed E-state index contributed by atoms with van der Waals surface area (Å²) in [5.74, 6) is -0.832. The Morgan fingerprint density at radius 3 is 2.56 bits per heavy atom. The van der Waals surface area contributed by atoms with Crippen LogP contribution in [0.25, 0.3) is 28.0 Å². The van der Waals surface area contributed by atoms with Crippen molar-refractivity contribution in [3.63, 3.8) is 0 Å². The van der Waals surface area contributed by atoms with Crippen molar-refractivity contribution >= 4 is 34.5 Å².